The second kappa shape index (κ2) is 6.45. The molecule has 24 heavy (non-hydrogen) atoms. The first-order chi connectivity index (χ1) is 11.3. The predicted octanol–water partition coefficient (Wildman–Crippen LogP) is 2.45. The van der Waals surface area contributed by atoms with Crippen molar-refractivity contribution in [3.63, 3.8) is 0 Å². The largest absolute Gasteiger partial charge is 0.444 e. The van der Waals surface area contributed by atoms with Crippen molar-refractivity contribution >= 4 is 12.1 Å². The second-order valence-corrected chi connectivity index (χ2v) is 8.50. The van der Waals surface area contributed by atoms with Crippen molar-refractivity contribution < 1.29 is 9.53 Å². The molecule has 0 spiro atoms. The van der Waals surface area contributed by atoms with Crippen LogP contribution in [0.4, 0.5) is 4.79 Å². The van der Waals surface area contributed by atoms with Gasteiger partial charge in [-0.1, -0.05) is 13.3 Å². The normalized spacial score (nSPS) is 25.7. The van der Waals surface area contributed by atoms with Gasteiger partial charge >= 0.3 is 6.09 Å². The van der Waals surface area contributed by atoms with Gasteiger partial charge < -0.3 is 19.9 Å². The fourth-order valence-corrected chi connectivity index (χ4v) is 3.82. The van der Waals surface area contributed by atoms with Crippen LogP contribution in [-0.4, -0.2) is 66.2 Å². The summed E-state index contributed by atoms with van der Waals surface area (Å²) in [7, 11) is 0. The highest BCUT2D eigenvalue weighted by Gasteiger charge is 2.39. The number of nitrogens with one attached hydrogen (secondary N) is 1. The van der Waals surface area contributed by atoms with Gasteiger partial charge in [-0.25, -0.2) is 4.79 Å². The third kappa shape index (κ3) is 3.62. The summed E-state index contributed by atoms with van der Waals surface area (Å²) in [4.78, 5) is 21.1. The third-order valence-electron chi connectivity index (χ3n) is 5.64. The Bertz CT molecular complexity index is 502. The quantitative estimate of drug-likeness (QED) is 0.860. The average Bonchev–Trinajstić information content (AvgIpc) is 2.87. The lowest BCUT2D eigenvalue weighted by atomic mass is 9.67. The molecule has 6 nitrogen and oxygen atoms in total. The van der Waals surface area contributed by atoms with E-state index in [1.807, 2.05) is 25.7 Å². The van der Waals surface area contributed by atoms with E-state index >= 15 is 0 Å². The summed E-state index contributed by atoms with van der Waals surface area (Å²) in [6.45, 7) is 12.0. The molecule has 136 valence electrons. The van der Waals surface area contributed by atoms with Gasteiger partial charge in [0.2, 0.25) is 0 Å². The van der Waals surface area contributed by atoms with Gasteiger partial charge in [0, 0.05) is 26.2 Å². The highest BCUT2D eigenvalue weighted by Crippen LogP contribution is 2.43. The number of piperazine rings is 1. The number of hydrogen-bond acceptors (Lipinski definition) is 5. The minimum Gasteiger partial charge on any atom is -0.444 e. The molecule has 1 aliphatic carbocycles. The first-order valence-electron chi connectivity index (χ1n) is 9.35. The molecule has 1 N–H and O–H groups in total. The maximum Gasteiger partial charge on any atom is 0.410 e. The lowest BCUT2D eigenvalue weighted by Crippen LogP contribution is -2.58. The first kappa shape index (κ1) is 17.4. The van der Waals surface area contributed by atoms with Crippen LogP contribution < -0.4 is 5.32 Å². The summed E-state index contributed by atoms with van der Waals surface area (Å²) < 4.78 is 5.50. The number of amides is 1. The van der Waals surface area contributed by atoms with Gasteiger partial charge in [-0.15, -0.1) is 0 Å². The SMILES string of the molecule is CCC1(CNC2=NCC3CN(C(=O)OC(C)(C)C)CCN23)CCC1. The van der Waals surface area contributed by atoms with Gasteiger partial charge in [-0.2, -0.15) is 0 Å². The molecule has 1 unspecified atom stereocenters. The fraction of sp³-hybridized carbons (Fsp3) is 0.889. The Hall–Kier alpha value is -1.46. The minimum absolute atomic E-state index is 0.206. The molecule has 3 aliphatic rings. The van der Waals surface area contributed by atoms with E-state index in [9.17, 15) is 4.79 Å². The Morgan fingerprint density at radius 3 is 2.71 bits per heavy atom. The third-order valence-corrected chi connectivity index (χ3v) is 5.64. The average molecular weight is 336 g/mol. The summed E-state index contributed by atoms with van der Waals surface area (Å²) >= 11 is 0. The molecule has 2 fully saturated rings. The van der Waals surface area contributed by atoms with Crippen LogP contribution in [0.15, 0.2) is 4.99 Å². The Morgan fingerprint density at radius 1 is 1.38 bits per heavy atom. The number of fused-ring (bicyclic) bond motifs is 1. The molecule has 2 heterocycles. The highest BCUT2D eigenvalue weighted by molar-refractivity contribution is 5.82. The molecule has 6 heteroatoms. The molecule has 0 aromatic heterocycles. The van der Waals surface area contributed by atoms with Gasteiger partial charge in [0.1, 0.15) is 5.60 Å². The smallest absolute Gasteiger partial charge is 0.410 e. The molecule has 0 bridgehead atoms. The van der Waals surface area contributed by atoms with Crippen molar-refractivity contribution in [3.8, 4) is 0 Å². The van der Waals surface area contributed by atoms with Crippen LogP contribution in [-0.2, 0) is 4.74 Å². The Morgan fingerprint density at radius 2 is 2.12 bits per heavy atom. The topological polar surface area (TPSA) is 57.2 Å². The molecule has 1 atom stereocenters. The van der Waals surface area contributed by atoms with Crippen LogP contribution >= 0.6 is 0 Å². The predicted molar refractivity (Wildman–Crippen MR) is 95.2 cm³/mol. The van der Waals surface area contributed by atoms with E-state index in [4.69, 9.17) is 9.73 Å². The fourth-order valence-electron chi connectivity index (χ4n) is 3.82. The molecule has 0 aromatic carbocycles. The summed E-state index contributed by atoms with van der Waals surface area (Å²) in [5, 5.41) is 3.60. The van der Waals surface area contributed by atoms with Crippen molar-refractivity contribution in [1.82, 2.24) is 15.1 Å². The number of hydrogen-bond donors (Lipinski definition) is 1. The van der Waals surface area contributed by atoms with Crippen LogP contribution in [0.1, 0.15) is 53.4 Å². The maximum absolute atomic E-state index is 12.3. The zero-order valence-electron chi connectivity index (χ0n) is 15.6. The summed E-state index contributed by atoms with van der Waals surface area (Å²) in [6.07, 6.45) is 5.06. The van der Waals surface area contributed by atoms with E-state index in [1.54, 1.807) is 0 Å². The molecule has 0 radical (unpaired) electrons. The number of rotatable bonds is 3. The lowest BCUT2D eigenvalue weighted by molar-refractivity contribution is 0.0136. The minimum atomic E-state index is -0.440. The summed E-state index contributed by atoms with van der Waals surface area (Å²) in [6, 6.07) is 0.285. The van der Waals surface area contributed by atoms with E-state index in [0.717, 1.165) is 25.6 Å². The number of ether oxygens (including phenoxy) is 1. The zero-order chi connectivity index (χ0) is 17.4. The van der Waals surface area contributed by atoms with E-state index in [-0.39, 0.29) is 12.1 Å². The van der Waals surface area contributed by atoms with E-state index < -0.39 is 5.60 Å². The van der Waals surface area contributed by atoms with Crippen molar-refractivity contribution in [2.45, 2.75) is 65.0 Å². The standard InChI is InChI=1S/C18H32N4O2/c1-5-18(7-6-8-18)13-20-15-19-11-14-12-21(9-10-22(14)15)16(23)24-17(2,3)4/h14H,5-13H2,1-4H3,(H,19,20). The van der Waals surface area contributed by atoms with Crippen LogP contribution in [0, 0.1) is 5.41 Å². The van der Waals surface area contributed by atoms with Gasteiger partial charge in [-0.3, -0.25) is 4.99 Å². The zero-order valence-corrected chi connectivity index (χ0v) is 15.6. The molecule has 1 saturated heterocycles. The van der Waals surface area contributed by atoms with E-state index in [1.165, 1.54) is 25.7 Å². The number of carbonyl (C=O) groups is 1. The number of carbonyl (C=O) groups excluding carboxylic acids is 1. The van der Waals surface area contributed by atoms with Crippen LogP contribution in [0.5, 0.6) is 0 Å². The van der Waals surface area contributed by atoms with Gasteiger partial charge in [0.05, 0.1) is 12.6 Å². The first-order valence-corrected chi connectivity index (χ1v) is 9.35. The van der Waals surface area contributed by atoms with Crippen LogP contribution in [0.2, 0.25) is 0 Å². The van der Waals surface area contributed by atoms with Crippen LogP contribution in [0.3, 0.4) is 0 Å². The monoisotopic (exact) mass is 336 g/mol. The van der Waals surface area contributed by atoms with Crippen molar-refractivity contribution in [1.29, 1.82) is 0 Å². The number of aliphatic imine (C=N–C) groups is 1. The number of guanidine groups is 1. The van der Waals surface area contributed by atoms with Crippen LogP contribution in [0.25, 0.3) is 0 Å². The molecule has 3 rings (SSSR count). The van der Waals surface area contributed by atoms with Crippen molar-refractivity contribution in [3.05, 3.63) is 0 Å². The molecule has 1 amide bonds. The van der Waals surface area contributed by atoms with Crippen molar-refractivity contribution in [2.24, 2.45) is 10.4 Å². The van der Waals surface area contributed by atoms with Gasteiger partial charge in [-0.05, 0) is 45.4 Å². The molecule has 0 aromatic rings. The Labute approximate surface area is 145 Å². The molecule has 2 aliphatic heterocycles. The lowest BCUT2D eigenvalue weighted by Gasteiger charge is -2.43. The molecular formula is C18H32N4O2. The molecule has 1 saturated carbocycles. The summed E-state index contributed by atoms with van der Waals surface area (Å²) in [5.41, 5.74) is 0.0449. The Kier molecular flexibility index (Phi) is 4.67. The van der Waals surface area contributed by atoms with E-state index in [0.29, 0.717) is 18.5 Å². The summed E-state index contributed by atoms with van der Waals surface area (Å²) in [5.74, 6) is 1.03. The van der Waals surface area contributed by atoms with Gasteiger partial charge in [0.15, 0.2) is 5.96 Å². The second-order valence-electron chi connectivity index (χ2n) is 8.50. The Balaban J connectivity index is 1.50. The van der Waals surface area contributed by atoms with Gasteiger partial charge in [0.25, 0.3) is 0 Å². The molecular weight excluding hydrogens is 304 g/mol. The number of nitrogens with zero attached hydrogens (tertiary/aromatic N) is 3. The van der Waals surface area contributed by atoms with E-state index in [2.05, 4.69) is 17.1 Å². The maximum atomic E-state index is 12.3. The van der Waals surface area contributed by atoms with Crippen molar-refractivity contribution in [2.75, 3.05) is 32.7 Å². The highest BCUT2D eigenvalue weighted by atomic mass is 16.6.